The van der Waals surface area contributed by atoms with Crippen LogP contribution in [0.1, 0.15) is 78.5 Å². The minimum atomic E-state index is -0.371. The third kappa shape index (κ3) is 5.34. The van der Waals surface area contributed by atoms with Gasteiger partial charge in [-0.1, -0.05) is 78.7 Å². The lowest BCUT2D eigenvalue weighted by molar-refractivity contribution is 0.0947. The zero-order chi connectivity index (χ0) is 25.1. The van der Waals surface area contributed by atoms with Gasteiger partial charge in [0.15, 0.2) is 0 Å². The van der Waals surface area contributed by atoms with Gasteiger partial charge in [0.05, 0.1) is 11.3 Å². The molecule has 3 aromatic rings. The van der Waals surface area contributed by atoms with Crippen LogP contribution in [0.5, 0.6) is 0 Å². The Morgan fingerprint density at radius 1 is 0.944 bits per heavy atom. The van der Waals surface area contributed by atoms with Gasteiger partial charge in [-0.05, 0) is 61.1 Å². The highest BCUT2D eigenvalue weighted by Crippen LogP contribution is 2.47. The van der Waals surface area contributed by atoms with Crippen LogP contribution in [0.2, 0.25) is 15.1 Å². The second kappa shape index (κ2) is 11.0. The predicted octanol–water partition coefficient (Wildman–Crippen LogP) is 7.58. The smallest absolute Gasteiger partial charge is 0.255 e. The Hall–Kier alpha value is -2.34. The molecule has 1 amide bonds. The maximum atomic E-state index is 13.6. The zero-order valence-electron chi connectivity index (χ0n) is 20.0. The first kappa shape index (κ1) is 25.3. The number of aromatic nitrogens is 2. The molecule has 0 bridgehead atoms. The summed E-state index contributed by atoms with van der Waals surface area (Å²) in [5.41, 5.74) is 2.82. The number of amides is 1. The van der Waals surface area contributed by atoms with Crippen LogP contribution in [0.4, 0.5) is 5.95 Å². The standard InChI is InChI=1S/C28H29Cl3N4O/c29-20-11-8-19(9-12-20)28(13-3-4-14-28)25-23(17-33-27(35-25)34-22-5-1-2-6-22)26(36)32-16-18-7-10-21(30)15-24(18)31/h7-12,15,17,22H,1-6,13-14,16H2,(H,32,36)(H,33,34,35). The van der Waals surface area contributed by atoms with Crippen LogP contribution in [0.25, 0.3) is 0 Å². The molecule has 188 valence electrons. The molecule has 1 heterocycles. The summed E-state index contributed by atoms with van der Waals surface area (Å²) in [4.78, 5) is 23.2. The summed E-state index contributed by atoms with van der Waals surface area (Å²) in [6.45, 7) is 0.282. The summed E-state index contributed by atoms with van der Waals surface area (Å²) < 4.78 is 0. The van der Waals surface area contributed by atoms with Crippen molar-refractivity contribution in [3.8, 4) is 0 Å². The Labute approximate surface area is 227 Å². The number of halogens is 3. The fourth-order valence-electron chi connectivity index (χ4n) is 5.58. The van der Waals surface area contributed by atoms with E-state index in [4.69, 9.17) is 39.8 Å². The fraction of sp³-hybridized carbons (Fsp3) is 0.393. The number of nitrogens with one attached hydrogen (secondary N) is 2. The summed E-state index contributed by atoms with van der Waals surface area (Å²) in [5, 5.41) is 8.30. The van der Waals surface area contributed by atoms with Gasteiger partial charge in [-0.25, -0.2) is 9.97 Å². The average molecular weight is 544 g/mol. The first-order valence-corrected chi connectivity index (χ1v) is 13.7. The van der Waals surface area contributed by atoms with Crippen LogP contribution >= 0.6 is 34.8 Å². The molecule has 8 heteroatoms. The van der Waals surface area contributed by atoms with Crippen LogP contribution in [-0.4, -0.2) is 21.9 Å². The lowest BCUT2D eigenvalue weighted by Crippen LogP contribution is -2.33. The highest BCUT2D eigenvalue weighted by Gasteiger charge is 2.42. The summed E-state index contributed by atoms with van der Waals surface area (Å²) in [5.74, 6) is 0.373. The number of rotatable bonds is 7. The molecule has 1 aromatic heterocycles. The summed E-state index contributed by atoms with van der Waals surface area (Å²) in [6.07, 6.45) is 10.3. The molecule has 5 rings (SSSR count). The minimum absolute atomic E-state index is 0.219. The maximum Gasteiger partial charge on any atom is 0.255 e. The quantitative estimate of drug-likeness (QED) is 0.322. The third-order valence-electron chi connectivity index (χ3n) is 7.48. The van der Waals surface area contributed by atoms with E-state index in [1.807, 2.05) is 18.2 Å². The molecule has 2 N–H and O–H groups in total. The normalized spacial score (nSPS) is 17.3. The van der Waals surface area contributed by atoms with Crippen molar-refractivity contribution < 1.29 is 4.79 Å². The molecular formula is C28H29Cl3N4O. The predicted molar refractivity (Wildman–Crippen MR) is 146 cm³/mol. The van der Waals surface area contributed by atoms with E-state index in [2.05, 4.69) is 27.8 Å². The lowest BCUT2D eigenvalue weighted by atomic mass is 9.74. The Balaban J connectivity index is 1.51. The molecule has 2 saturated carbocycles. The topological polar surface area (TPSA) is 66.9 Å². The molecule has 5 nitrogen and oxygen atoms in total. The molecule has 0 atom stereocenters. The molecule has 2 fully saturated rings. The molecule has 36 heavy (non-hydrogen) atoms. The molecule has 2 aliphatic rings. The zero-order valence-corrected chi connectivity index (χ0v) is 22.3. The van der Waals surface area contributed by atoms with Crippen molar-refractivity contribution in [2.24, 2.45) is 0 Å². The largest absolute Gasteiger partial charge is 0.351 e. The first-order chi connectivity index (χ1) is 17.4. The van der Waals surface area contributed by atoms with Gasteiger partial charge in [0.25, 0.3) is 5.91 Å². The Morgan fingerprint density at radius 2 is 1.64 bits per heavy atom. The Kier molecular flexibility index (Phi) is 7.71. The molecule has 0 saturated heterocycles. The van der Waals surface area contributed by atoms with Crippen molar-refractivity contribution >= 4 is 46.7 Å². The molecule has 2 aliphatic carbocycles. The lowest BCUT2D eigenvalue weighted by Gasteiger charge is -2.31. The maximum absolute atomic E-state index is 13.6. The molecule has 2 aromatic carbocycles. The summed E-state index contributed by atoms with van der Waals surface area (Å²) in [6, 6.07) is 13.6. The van der Waals surface area contributed by atoms with Gasteiger partial charge >= 0.3 is 0 Å². The van der Waals surface area contributed by atoms with E-state index in [-0.39, 0.29) is 17.9 Å². The van der Waals surface area contributed by atoms with Crippen molar-refractivity contribution in [2.45, 2.75) is 69.4 Å². The average Bonchev–Trinajstić information content (AvgIpc) is 3.57. The van der Waals surface area contributed by atoms with E-state index in [0.717, 1.165) is 55.3 Å². The second-order valence-electron chi connectivity index (χ2n) is 9.80. The van der Waals surface area contributed by atoms with Gasteiger partial charge in [0, 0.05) is 39.3 Å². The van der Waals surface area contributed by atoms with Gasteiger partial charge in [-0.2, -0.15) is 0 Å². The highest BCUT2D eigenvalue weighted by molar-refractivity contribution is 6.35. The molecule has 0 spiro atoms. The monoisotopic (exact) mass is 542 g/mol. The van der Waals surface area contributed by atoms with Crippen LogP contribution in [0.3, 0.4) is 0 Å². The van der Waals surface area contributed by atoms with Crippen LogP contribution < -0.4 is 10.6 Å². The fourth-order valence-corrected chi connectivity index (χ4v) is 6.18. The highest BCUT2D eigenvalue weighted by atomic mass is 35.5. The Morgan fingerprint density at radius 3 is 2.33 bits per heavy atom. The van der Waals surface area contributed by atoms with Gasteiger partial charge in [-0.3, -0.25) is 4.79 Å². The van der Waals surface area contributed by atoms with Gasteiger partial charge in [0.1, 0.15) is 0 Å². The number of anilines is 1. The number of hydrogen-bond acceptors (Lipinski definition) is 4. The number of hydrogen-bond donors (Lipinski definition) is 2. The van der Waals surface area contributed by atoms with Gasteiger partial charge < -0.3 is 10.6 Å². The van der Waals surface area contributed by atoms with E-state index in [1.165, 1.54) is 12.8 Å². The Bertz CT molecular complexity index is 1240. The summed E-state index contributed by atoms with van der Waals surface area (Å²) >= 11 is 18.6. The van der Waals surface area contributed by atoms with Crippen LogP contribution in [-0.2, 0) is 12.0 Å². The molecule has 0 unspecified atom stereocenters. The SMILES string of the molecule is O=C(NCc1ccc(Cl)cc1Cl)c1cnc(NC2CCCC2)nc1C1(c2ccc(Cl)cc2)CCCC1. The number of benzene rings is 2. The molecular weight excluding hydrogens is 515 g/mol. The van der Waals surface area contributed by atoms with E-state index in [0.29, 0.717) is 32.6 Å². The summed E-state index contributed by atoms with van der Waals surface area (Å²) in [7, 11) is 0. The number of carbonyl (C=O) groups is 1. The minimum Gasteiger partial charge on any atom is -0.351 e. The molecule has 0 aliphatic heterocycles. The molecule has 0 radical (unpaired) electrons. The van der Waals surface area contributed by atoms with E-state index in [1.54, 1.807) is 18.3 Å². The number of nitrogens with zero attached hydrogens (tertiary/aromatic N) is 2. The first-order valence-electron chi connectivity index (χ1n) is 12.6. The second-order valence-corrected chi connectivity index (χ2v) is 11.1. The third-order valence-corrected chi connectivity index (χ3v) is 8.32. The van der Waals surface area contributed by atoms with Crippen molar-refractivity contribution in [1.29, 1.82) is 0 Å². The van der Waals surface area contributed by atoms with Crippen molar-refractivity contribution in [3.05, 3.63) is 86.1 Å². The van der Waals surface area contributed by atoms with E-state index < -0.39 is 0 Å². The van der Waals surface area contributed by atoms with Crippen molar-refractivity contribution in [2.75, 3.05) is 5.32 Å². The van der Waals surface area contributed by atoms with Crippen molar-refractivity contribution in [3.63, 3.8) is 0 Å². The number of carbonyl (C=O) groups excluding carboxylic acids is 1. The van der Waals surface area contributed by atoms with E-state index >= 15 is 0 Å². The van der Waals surface area contributed by atoms with Gasteiger partial charge in [-0.15, -0.1) is 0 Å². The van der Waals surface area contributed by atoms with Crippen molar-refractivity contribution in [1.82, 2.24) is 15.3 Å². The van der Waals surface area contributed by atoms with Gasteiger partial charge in [0.2, 0.25) is 5.95 Å². The van der Waals surface area contributed by atoms with Crippen LogP contribution in [0, 0.1) is 0 Å². The van der Waals surface area contributed by atoms with Crippen LogP contribution in [0.15, 0.2) is 48.7 Å². The van der Waals surface area contributed by atoms with E-state index in [9.17, 15) is 4.79 Å².